The van der Waals surface area contributed by atoms with Crippen LogP contribution in [0.15, 0.2) is 12.3 Å². The number of aromatic nitrogens is 1. The number of amides is 1. The molecule has 17 heavy (non-hydrogen) atoms. The van der Waals surface area contributed by atoms with Gasteiger partial charge in [-0.3, -0.25) is 4.79 Å². The largest absolute Gasteiger partial charge is 0.392 e. The predicted molar refractivity (Wildman–Crippen MR) is 66.4 cm³/mol. The van der Waals surface area contributed by atoms with Crippen LogP contribution in [-0.4, -0.2) is 40.2 Å². The molecule has 4 nitrogen and oxygen atoms in total. The molecule has 1 aliphatic rings. The highest BCUT2D eigenvalue weighted by Crippen LogP contribution is 2.37. The molecule has 1 aromatic rings. The monoisotopic (exact) mass is 256 g/mol. The van der Waals surface area contributed by atoms with Gasteiger partial charge in [0.25, 0.3) is 5.91 Å². The van der Waals surface area contributed by atoms with Crippen molar-refractivity contribution in [1.29, 1.82) is 0 Å². The molecule has 0 radical (unpaired) electrons. The molecule has 0 bridgehead atoms. The summed E-state index contributed by atoms with van der Waals surface area (Å²) in [6.45, 7) is 1.99. The van der Waals surface area contributed by atoms with E-state index in [-0.39, 0.29) is 5.91 Å². The molecule has 1 saturated carbocycles. The van der Waals surface area contributed by atoms with E-state index in [0.717, 1.165) is 12.8 Å². The molecule has 2 rings (SSSR count). The number of likely N-dealkylation sites (N-methyl/N-ethyl adjacent to an activating group) is 1. The summed E-state index contributed by atoms with van der Waals surface area (Å²) in [6, 6.07) is 2.11. The highest BCUT2D eigenvalue weighted by atomic mass is 35.5. The topological polar surface area (TPSA) is 45.5 Å². The Kier molecular flexibility index (Phi) is 3.45. The first-order valence-electron chi connectivity index (χ1n) is 5.80. The van der Waals surface area contributed by atoms with Gasteiger partial charge in [0, 0.05) is 25.8 Å². The van der Waals surface area contributed by atoms with E-state index in [9.17, 15) is 9.90 Å². The van der Waals surface area contributed by atoms with Gasteiger partial charge >= 0.3 is 0 Å². The average Bonchev–Trinajstić information content (AvgIpc) is 3.00. The van der Waals surface area contributed by atoms with E-state index in [1.807, 2.05) is 10.8 Å². The predicted octanol–water partition coefficient (Wildman–Crippen LogP) is 1.93. The van der Waals surface area contributed by atoms with Crippen molar-refractivity contribution in [2.24, 2.45) is 0 Å². The van der Waals surface area contributed by atoms with Crippen LogP contribution in [0.1, 0.15) is 36.3 Å². The van der Waals surface area contributed by atoms with Crippen LogP contribution in [0.4, 0.5) is 0 Å². The van der Waals surface area contributed by atoms with E-state index in [4.69, 9.17) is 11.6 Å². The number of hydrogen-bond acceptors (Lipinski definition) is 2. The highest BCUT2D eigenvalue weighted by Gasteiger charge is 2.28. The average molecular weight is 257 g/mol. The van der Waals surface area contributed by atoms with Crippen molar-refractivity contribution in [1.82, 2.24) is 9.47 Å². The number of halogens is 1. The SMILES string of the molecule is CC(O)CN(C)C(=O)c1cc(Cl)cn1C1CC1. The van der Waals surface area contributed by atoms with Crippen molar-refractivity contribution in [3.05, 3.63) is 23.0 Å². The second-order valence-corrected chi connectivity index (χ2v) is 5.15. The summed E-state index contributed by atoms with van der Waals surface area (Å²) in [5.41, 5.74) is 0.612. The lowest BCUT2D eigenvalue weighted by Crippen LogP contribution is -2.34. The number of aliphatic hydroxyl groups is 1. The van der Waals surface area contributed by atoms with Gasteiger partial charge in [-0.1, -0.05) is 11.6 Å². The summed E-state index contributed by atoms with van der Waals surface area (Å²) < 4.78 is 1.95. The lowest BCUT2D eigenvalue weighted by Gasteiger charge is -2.19. The molecule has 0 aliphatic heterocycles. The van der Waals surface area contributed by atoms with Gasteiger partial charge < -0.3 is 14.6 Å². The lowest BCUT2D eigenvalue weighted by atomic mass is 10.3. The molecule has 0 aromatic carbocycles. The van der Waals surface area contributed by atoms with Crippen molar-refractivity contribution in [2.45, 2.75) is 31.9 Å². The highest BCUT2D eigenvalue weighted by molar-refractivity contribution is 6.31. The van der Waals surface area contributed by atoms with E-state index >= 15 is 0 Å². The van der Waals surface area contributed by atoms with Gasteiger partial charge in [0.1, 0.15) is 5.69 Å². The van der Waals surface area contributed by atoms with E-state index in [2.05, 4.69) is 0 Å². The number of hydrogen-bond donors (Lipinski definition) is 1. The van der Waals surface area contributed by atoms with Gasteiger partial charge in [-0.2, -0.15) is 0 Å². The van der Waals surface area contributed by atoms with Crippen molar-refractivity contribution in [3.8, 4) is 0 Å². The fourth-order valence-corrected chi connectivity index (χ4v) is 2.16. The summed E-state index contributed by atoms with van der Waals surface area (Å²) in [5, 5.41) is 9.88. The zero-order valence-corrected chi connectivity index (χ0v) is 10.8. The van der Waals surface area contributed by atoms with Crippen molar-refractivity contribution < 1.29 is 9.90 Å². The Morgan fingerprint density at radius 3 is 2.88 bits per heavy atom. The molecule has 0 saturated heterocycles. The molecule has 94 valence electrons. The maximum atomic E-state index is 12.2. The van der Waals surface area contributed by atoms with Crippen LogP contribution in [-0.2, 0) is 0 Å². The van der Waals surface area contributed by atoms with E-state index < -0.39 is 6.10 Å². The maximum absolute atomic E-state index is 12.2. The standard InChI is InChI=1S/C12H17ClN2O2/c1-8(16)6-14(2)12(17)11-5-9(13)7-15(11)10-3-4-10/h5,7-8,10,16H,3-4,6H2,1-2H3. The third-order valence-electron chi connectivity index (χ3n) is 2.86. The van der Waals surface area contributed by atoms with Gasteiger partial charge in [0.2, 0.25) is 0 Å². The molecule has 1 amide bonds. The lowest BCUT2D eigenvalue weighted by molar-refractivity contribution is 0.0693. The minimum Gasteiger partial charge on any atom is -0.392 e. The van der Waals surface area contributed by atoms with Crippen LogP contribution in [0, 0.1) is 0 Å². The molecule has 1 aliphatic carbocycles. The molecule has 0 spiro atoms. The number of aliphatic hydroxyl groups excluding tert-OH is 1. The number of carbonyl (C=O) groups excluding carboxylic acids is 1. The number of nitrogens with zero attached hydrogens (tertiary/aromatic N) is 2. The van der Waals surface area contributed by atoms with Crippen LogP contribution >= 0.6 is 11.6 Å². The number of carbonyl (C=O) groups is 1. The second kappa shape index (κ2) is 4.70. The van der Waals surface area contributed by atoms with Crippen molar-refractivity contribution in [2.75, 3.05) is 13.6 Å². The Bertz CT molecular complexity index is 424. The summed E-state index contributed by atoms with van der Waals surface area (Å²) in [5.74, 6) is -0.0929. The van der Waals surface area contributed by atoms with Crippen LogP contribution in [0.3, 0.4) is 0 Å². The van der Waals surface area contributed by atoms with Gasteiger partial charge in [-0.05, 0) is 25.8 Å². The first-order valence-corrected chi connectivity index (χ1v) is 6.17. The van der Waals surface area contributed by atoms with Gasteiger partial charge in [-0.25, -0.2) is 0 Å². The van der Waals surface area contributed by atoms with Crippen LogP contribution in [0.2, 0.25) is 5.02 Å². The summed E-state index contributed by atoms with van der Waals surface area (Å²) in [4.78, 5) is 13.7. The molecule has 1 unspecified atom stereocenters. The van der Waals surface area contributed by atoms with Gasteiger partial charge in [-0.15, -0.1) is 0 Å². The Balaban J connectivity index is 2.18. The molecule has 5 heteroatoms. The van der Waals surface area contributed by atoms with Crippen molar-refractivity contribution in [3.63, 3.8) is 0 Å². The molecule has 1 N–H and O–H groups in total. The minimum absolute atomic E-state index is 0.0929. The van der Waals surface area contributed by atoms with E-state index in [1.165, 1.54) is 4.90 Å². The first-order chi connectivity index (χ1) is 7.99. The molecule has 1 aromatic heterocycles. The number of rotatable bonds is 4. The third kappa shape index (κ3) is 2.82. The zero-order valence-electron chi connectivity index (χ0n) is 10.1. The Labute approximate surface area is 106 Å². The van der Waals surface area contributed by atoms with Gasteiger partial charge in [0.05, 0.1) is 11.1 Å². The Morgan fingerprint density at radius 1 is 1.71 bits per heavy atom. The molecular weight excluding hydrogens is 240 g/mol. The fourth-order valence-electron chi connectivity index (χ4n) is 1.95. The van der Waals surface area contributed by atoms with Crippen LogP contribution in [0.25, 0.3) is 0 Å². The fraction of sp³-hybridized carbons (Fsp3) is 0.583. The van der Waals surface area contributed by atoms with E-state index in [0.29, 0.717) is 23.3 Å². The van der Waals surface area contributed by atoms with Gasteiger partial charge in [0.15, 0.2) is 0 Å². The minimum atomic E-state index is -0.524. The second-order valence-electron chi connectivity index (χ2n) is 4.72. The summed E-state index contributed by atoms with van der Waals surface area (Å²) >= 11 is 5.95. The first kappa shape index (κ1) is 12.5. The normalized spacial score (nSPS) is 16.9. The summed E-state index contributed by atoms with van der Waals surface area (Å²) in [7, 11) is 1.69. The van der Waals surface area contributed by atoms with Crippen LogP contribution in [0.5, 0.6) is 0 Å². The smallest absolute Gasteiger partial charge is 0.270 e. The molecule has 1 heterocycles. The molecule has 1 atom stereocenters. The molecular formula is C12H17ClN2O2. The molecule has 1 fully saturated rings. The van der Waals surface area contributed by atoms with Crippen LogP contribution < -0.4 is 0 Å². The Hall–Kier alpha value is -1.00. The quantitative estimate of drug-likeness (QED) is 0.895. The maximum Gasteiger partial charge on any atom is 0.270 e. The Morgan fingerprint density at radius 2 is 2.35 bits per heavy atom. The zero-order chi connectivity index (χ0) is 12.6. The third-order valence-corrected chi connectivity index (χ3v) is 3.07. The van der Waals surface area contributed by atoms with E-state index in [1.54, 1.807) is 20.0 Å². The van der Waals surface area contributed by atoms with Crippen molar-refractivity contribution >= 4 is 17.5 Å². The summed E-state index contributed by atoms with van der Waals surface area (Å²) in [6.07, 6.45) is 3.49.